The maximum atomic E-state index is 9.14. The van der Waals surface area contributed by atoms with Gasteiger partial charge in [0, 0.05) is 13.1 Å². The Bertz CT molecular complexity index is 319. The molecule has 1 atom stereocenters. The first-order valence-electron chi connectivity index (χ1n) is 4.81. The Labute approximate surface area is 97.5 Å². The van der Waals surface area contributed by atoms with Crippen LogP contribution in [0.3, 0.4) is 0 Å². The number of halogens is 1. The highest BCUT2D eigenvalue weighted by Crippen LogP contribution is 2.26. The monoisotopic (exact) mass is 274 g/mol. The average molecular weight is 275 g/mol. The van der Waals surface area contributed by atoms with E-state index in [1.54, 1.807) is 6.92 Å². The molecule has 0 fully saturated rings. The molecule has 0 aliphatic rings. The van der Waals surface area contributed by atoms with Gasteiger partial charge in [-0.25, -0.2) is 9.97 Å². The van der Waals surface area contributed by atoms with Gasteiger partial charge in [0.15, 0.2) is 0 Å². The minimum Gasteiger partial charge on any atom is -0.392 e. The van der Waals surface area contributed by atoms with E-state index >= 15 is 0 Å². The van der Waals surface area contributed by atoms with E-state index < -0.39 is 6.10 Å². The van der Waals surface area contributed by atoms with Crippen LogP contribution in [0.1, 0.15) is 13.8 Å². The normalized spacial score (nSPS) is 12.3. The Balaban J connectivity index is 2.75. The molecule has 3 N–H and O–H groups in total. The molecule has 0 bridgehead atoms. The molecule has 1 rings (SSSR count). The van der Waals surface area contributed by atoms with Crippen LogP contribution in [-0.2, 0) is 0 Å². The fourth-order valence-electron chi connectivity index (χ4n) is 1.03. The van der Waals surface area contributed by atoms with Gasteiger partial charge in [0.1, 0.15) is 22.4 Å². The smallest absolute Gasteiger partial charge is 0.146 e. The highest BCUT2D eigenvalue weighted by atomic mass is 79.9. The summed E-state index contributed by atoms with van der Waals surface area (Å²) in [4.78, 5) is 8.16. The van der Waals surface area contributed by atoms with Gasteiger partial charge in [0.2, 0.25) is 0 Å². The van der Waals surface area contributed by atoms with Crippen molar-refractivity contribution in [3.8, 4) is 0 Å². The number of anilines is 2. The molecule has 1 aromatic heterocycles. The predicted molar refractivity (Wildman–Crippen MR) is 64.1 cm³/mol. The Morgan fingerprint density at radius 1 is 1.40 bits per heavy atom. The molecule has 0 saturated carbocycles. The zero-order chi connectivity index (χ0) is 11.3. The summed E-state index contributed by atoms with van der Waals surface area (Å²) in [5, 5.41) is 15.3. The number of aliphatic hydroxyl groups excluding tert-OH is 1. The zero-order valence-electron chi connectivity index (χ0n) is 8.79. The zero-order valence-corrected chi connectivity index (χ0v) is 10.4. The van der Waals surface area contributed by atoms with Gasteiger partial charge in [-0.2, -0.15) is 0 Å². The molecular weight excluding hydrogens is 260 g/mol. The van der Waals surface area contributed by atoms with Crippen LogP contribution in [0.2, 0.25) is 0 Å². The van der Waals surface area contributed by atoms with E-state index in [0.29, 0.717) is 12.4 Å². The van der Waals surface area contributed by atoms with Crippen LogP contribution in [0.15, 0.2) is 10.8 Å². The summed E-state index contributed by atoms with van der Waals surface area (Å²) < 4.78 is 0.785. The summed E-state index contributed by atoms with van der Waals surface area (Å²) in [5.41, 5.74) is 0. The molecule has 0 aliphatic carbocycles. The lowest BCUT2D eigenvalue weighted by Gasteiger charge is -2.11. The predicted octanol–water partition coefficient (Wildman–Crippen LogP) is 1.46. The number of rotatable bonds is 5. The molecule has 1 unspecified atom stereocenters. The second-order valence-corrected chi connectivity index (χ2v) is 3.94. The minimum absolute atomic E-state index is 0.408. The van der Waals surface area contributed by atoms with E-state index in [1.165, 1.54) is 6.33 Å². The topological polar surface area (TPSA) is 70.1 Å². The molecule has 84 valence electrons. The van der Waals surface area contributed by atoms with Gasteiger partial charge in [-0.1, -0.05) is 0 Å². The Morgan fingerprint density at radius 2 is 2.00 bits per heavy atom. The van der Waals surface area contributed by atoms with Crippen LogP contribution >= 0.6 is 15.9 Å². The summed E-state index contributed by atoms with van der Waals surface area (Å²) in [6, 6.07) is 0. The van der Waals surface area contributed by atoms with E-state index in [2.05, 4.69) is 36.5 Å². The lowest BCUT2D eigenvalue weighted by Crippen LogP contribution is -2.16. The van der Waals surface area contributed by atoms with Crippen LogP contribution in [0.4, 0.5) is 11.6 Å². The molecule has 1 aromatic rings. The van der Waals surface area contributed by atoms with Crippen molar-refractivity contribution in [2.45, 2.75) is 20.0 Å². The van der Waals surface area contributed by atoms with Gasteiger partial charge >= 0.3 is 0 Å². The van der Waals surface area contributed by atoms with E-state index in [9.17, 15) is 0 Å². The fraction of sp³-hybridized carbons (Fsp3) is 0.556. The summed E-state index contributed by atoms with van der Waals surface area (Å²) in [7, 11) is 0. The largest absolute Gasteiger partial charge is 0.392 e. The van der Waals surface area contributed by atoms with Crippen LogP contribution < -0.4 is 10.6 Å². The standard InChI is InChI=1S/C9H15BrN4O/c1-3-11-8-7(10)9(14-5-13-8)12-4-6(2)15/h5-6,15H,3-4H2,1-2H3,(H2,11,12,13,14). The molecule has 0 spiro atoms. The Hall–Kier alpha value is -0.880. The first kappa shape index (κ1) is 12.2. The molecule has 5 nitrogen and oxygen atoms in total. The second-order valence-electron chi connectivity index (χ2n) is 3.15. The van der Waals surface area contributed by atoms with Gasteiger partial charge < -0.3 is 15.7 Å². The number of nitrogens with zero attached hydrogens (tertiary/aromatic N) is 2. The van der Waals surface area contributed by atoms with Crippen molar-refractivity contribution in [3.05, 3.63) is 10.8 Å². The maximum Gasteiger partial charge on any atom is 0.146 e. The third kappa shape index (κ3) is 3.64. The third-order valence-corrected chi connectivity index (χ3v) is 2.45. The van der Waals surface area contributed by atoms with Gasteiger partial charge in [0.05, 0.1) is 6.10 Å². The molecule has 6 heteroatoms. The Kier molecular flexibility index (Phi) is 4.77. The summed E-state index contributed by atoms with van der Waals surface area (Å²) in [6.45, 7) is 4.97. The summed E-state index contributed by atoms with van der Waals surface area (Å²) in [6.07, 6.45) is 1.07. The highest BCUT2D eigenvalue weighted by Gasteiger charge is 2.07. The fourth-order valence-corrected chi connectivity index (χ4v) is 1.51. The first-order chi connectivity index (χ1) is 7.15. The van der Waals surface area contributed by atoms with Crippen molar-refractivity contribution in [1.82, 2.24) is 9.97 Å². The first-order valence-corrected chi connectivity index (χ1v) is 5.60. The summed E-state index contributed by atoms with van der Waals surface area (Å²) >= 11 is 3.40. The van der Waals surface area contributed by atoms with Gasteiger partial charge in [-0.15, -0.1) is 0 Å². The van der Waals surface area contributed by atoms with Gasteiger partial charge in [-0.3, -0.25) is 0 Å². The molecule has 0 saturated heterocycles. The van der Waals surface area contributed by atoms with Crippen LogP contribution in [0.5, 0.6) is 0 Å². The second kappa shape index (κ2) is 5.87. The Morgan fingerprint density at radius 3 is 2.53 bits per heavy atom. The molecule has 0 aliphatic heterocycles. The highest BCUT2D eigenvalue weighted by molar-refractivity contribution is 9.10. The number of hydrogen-bond acceptors (Lipinski definition) is 5. The van der Waals surface area contributed by atoms with Crippen molar-refractivity contribution in [2.75, 3.05) is 23.7 Å². The van der Waals surface area contributed by atoms with Crippen molar-refractivity contribution < 1.29 is 5.11 Å². The number of hydrogen-bond donors (Lipinski definition) is 3. The van der Waals surface area contributed by atoms with Crippen molar-refractivity contribution in [3.63, 3.8) is 0 Å². The maximum absolute atomic E-state index is 9.14. The van der Waals surface area contributed by atoms with Crippen molar-refractivity contribution >= 4 is 27.6 Å². The van der Waals surface area contributed by atoms with E-state index in [-0.39, 0.29) is 0 Å². The lowest BCUT2D eigenvalue weighted by atomic mass is 10.4. The van der Waals surface area contributed by atoms with E-state index in [4.69, 9.17) is 5.11 Å². The van der Waals surface area contributed by atoms with Crippen LogP contribution in [-0.4, -0.2) is 34.3 Å². The van der Waals surface area contributed by atoms with Gasteiger partial charge in [0.25, 0.3) is 0 Å². The molecular formula is C9H15BrN4O. The molecule has 1 heterocycles. The van der Waals surface area contributed by atoms with E-state index in [0.717, 1.165) is 16.8 Å². The molecule has 0 amide bonds. The van der Waals surface area contributed by atoms with Crippen molar-refractivity contribution in [1.29, 1.82) is 0 Å². The average Bonchev–Trinajstić information content (AvgIpc) is 2.19. The van der Waals surface area contributed by atoms with Crippen LogP contribution in [0, 0.1) is 0 Å². The molecule has 0 aromatic carbocycles. The number of nitrogens with one attached hydrogen (secondary N) is 2. The quantitative estimate of drug-likeness (QED) is 0.759. The van der Waals surface area contributed by atoms with Crippen molar-refractivity contribution in [2.24, 2.45) is 0 Å². The van der Waals surface area contributed by atoms with Gasteiger partial charge in [-0.05, 0) is 29.8 Å². The van der Waals surface area contributed by atoms with Crippen LogP contribution in [0.25, 0.3) is 0 Å². The van der Waals surface area contributed by atoms with E-state index in [1.807, 2.05) is 6.92 Å². The third-order valence-electron chi connectivity index (χ3n) is 1.70. The minimum atomic E-state index is -0.408. The molecule has 15 heavy (non-hydrogen) atoms. The number of aliphatic hydroxyl groups is 1. The lowest BCUT2D eigenvalue weighted by molar-refractivity contribution is 0.208. The number of aromatic nitrogens is 2. The summed E-state index contributed by atoms with van der Waals surface area (Å²) in [5.74, 6) is 1.43. The SMILES string of the molecule is CCNc1ncnc(NCC(C)O)c1Br. The molecule has 0 radical (unpaired) electrons.